The van der Waals surface area contributed by atoms with Crippen molar-refractivity contribution in [3.63, 3.8) is 0 Å². The van der Waals surface area contributed by atoms with Crippen LogP contribution in [0.15, 0.2) is 5.38 Å². The molecule has 0 saturated carbocycles. The molecule has 0 aliphatic rings. The molecule has 0 radical (unpaired) electrons. The molecule has 17 heavy (non-hydrogen) atoms. The van der Waals surface area contributed by atoms with Crippen molar-refractivity contribution in [3.8, 4) is 0 Å². The van der Waals surface area contributed by atoms with Crippen molar-refractivity contribution >= 4 is 29.1 Å². The molecule has 0 saturated heterocycles. The first-order valence-corrected chi connectivity index (χ1v) is 7.32. The molecule has 0 fully saturated rings. The number of aliphatic carboxylic acids is 1. The fraction of sp³-hybridized carbons (Fsp3) is 0.667. The van der Waals surface area contributed by atoms with Crippen molar-refractivity contribution < 1.29 is 9.90 Å². The first-order chi connectivity index (χ1) is 7.63. The van der Waals surface area contributed by atoms with E-state index in [0.717, 1.165) is 10.8 Å². The molecule has 0 aliphatic heterocycles. The molecule has 5 heteroatoms. The summed E-state index contributed by atoms with van der Waals surface area (Å²) in [4.78, 5) is 15.5. The maximum atomic E-state index is 11.1. The van der Waals surface area contributed by atoms with Gasteiger partial charge in [-0.25, -0.2) is 4.98 Å². The van der Waals surface area contributed by atoms with Crippen LogP contribution in [-0.2, 0) is 16.0 Å². The highest BCUT2D eigenvalue weighted by molar-refractivity contribution is 7.99. The van der Waals surface area contributed by atoms with E-state index in [-0.39, 0.29) is 4.75 Å². The smallest absolute Gasteiger partial charge is 0.315 e. The van der Waals surface area contributed by atoms with Gasteiger partial charge in [0, 0.05) is 15.9 Å². The van der Waals surface area contributed by atoms with Gasteiger partial charge in [0.05, 0.1) is 5.69 Å². The third kappa shape index (κ3) is 4.00. The van der Waals surface area contributed by atoms with Gasteiger partial charge in [-0.2, -0.15) is 0 Å². The molecule has 0 amide bonds. The minimum absolute atomic E-state index is 0.203. The van der Waals surface area contributed by atoms with Crippen LogP contribution in [0, 0.1) is 0 Å². The van der Waals surface area contributed by atoms with Crippen LogP contribution in [0.2, 0.25) is 0 Å². The molecule has 0 unspecified atom stereocenters. The summed E-state index contributed by atoms with van der Waals surface area (Å²) in [5.41, 5.74) is -0.249. The maximum absolute atomic E-state index is 11.1. The van der Waals surface area contributed by atoms with Crippen LogP contribution in [0.5, 0.6) is 0 Å². The van der Waals surface area contributed by atoms with Gasteiger partial charge in [0.1, 0.15) is 10.4 Å². The molecule has 1 heterocycles. The van der Waals surface area contributed by atoms with Crippen LogP contribution < -0.4 is 0 Å². The van der Waals surface area contributed by atoms with Gasteiger partial charge in [-0.3, -0.25) is 4.79 Å². The van der Waals surface area contributed by atoms with Crippen LogP contribution in [0.25, 0.3) is 0 Å². The molecular formula is C12H19NO2S2. The van der Waals surface area contributed by atoms with Gasteiger partial charge in [-0.15, -0.1) is 23.1 Å². The number of hydrogen-bond donors (Lipinski definition) is 1. The second-order valence-electron chi connectivity index (χ2n) is 5.46. The normalized spacial score (nSPS) is 12.8. The number of thiazole rings is 1. The highest BCUT2D eigenvalue weighted by Crippen LogP contribution is 2.31. The number of carboxylic acids is 1. The Hall–Kier alpha value is -0.550. The average molecular weight is 273 g/mol. The minimum Gasteiger partial charge on any atom is -0.481 e. The van der Waals surface area contributed by atoms with Gasteiger partial charge in [-0.05, 0) is 13.8 Å². The number of carboxylic acid groups (broad SMARTS) is 1. The first-order valence-electron chi connectivity index (χ1n) is 5.45. The van der Waals surface area contributed by atoms with E-state index >= 15 is 0 Å². The summed E-state index contributed by atoms with van der Waals surface area (Å²) in [6.07, 6.45) is 0. The van der Waals surface area contributed by atoms with Crippen LogP contribution in [0.1, 0.15) is 45.3 Å². The van der Waals surface area contributed by atoms with Gasteiger partial charge >= 0.3 is 5.97 Å². The number of hydrogen-bond acceptors (Lipinski definition) is 4. The highest BCUT2D eigenvalue weighted by Gasteiger charge is 2.32. The minimum atomic E-state index is -0.902. The maximum Gasteiger partial charge on any atom is 0.315 e. The van der Waals surface area contributed by atoms with E-state index in [1.165, 1.54) is 11.3 Å². The molecule has 0 aliphatic carbocycles. The van der Waals surface area contributed by atoms with E-state index in [0.29, 0.717) is 5.69 Å². The Bertz CT molecular complexity index is 405. The first kappa shape index (κ1) is 14.5. The van der Waals surface area contributed by atoms with E-state index in [9.17, 15) is 4.79 Å². The average Bonchev–Trinajstić information content (AvgIpc) is 2.62. The lowest BCUT2D eigenvalue weighted by Crippen LogP contribution is -2.28. The summed E-state index contributed by atoms with van der Waals surface area (Å²) < 4.78 is 0.203. The van der Waals surface area contributed by atoms with Gasteiger partial charge in [0.2, 0.25) is 0 Å². The molecule has 0 aromatic carbocycles. The number of aromatic nitrogens is 1. The van der Waals surface area contributed by atoms with E-state index in [1.54, 1.807) is 13.8 Å². The monoisotopic (exact) mass is 273 g/mol. The lowest BCUT2D eigenvalue weighted by Gasteiger charge is -2.17. The Morgan fingerprint density at radius 3 is 2.47 bits per heavy atom. The topological polar surface area (TPSA) is 50.2 Å². The predicted molar refractivity (Wildman–Crippen MR) is 73.8 cm³/mol. The molecule has 1 aromatic rings. The van der Waals surface area contributed by atoms with Crippen molar-refractivity contribution in [3.05, 3.63) is 16.1 Å². The Labute approximate surface area is 111 Å². The van der Waals surface area contributed by atoms with Crippen molar-refractivity contribution in [2.24, 2.45) is 0 Å². The molecule has 0 spiro atoms. The predicted octanol–water partition coefficient (Wildman–Crippen LogP) is 3.54. The SMILES string of the molecule is CC(C)(C)SCc1nc(C(C)(C)C(=O)O)cs1. The number of thioether (sulfide) groups is 1. The summed E-state index contributed by atoms with van der Waals surface area (Å²) >= 11 is 3.36. The third-order valence-corrected chi connectivity index (χ3v) is 4.67. The van der Waals surface area contributed by atoms with Crippen LogP contribution >= 0.6 is 23.1 Å². The highest BCUT2D eigenvalue weighted by atomic mass is 32.2. The van der Waals surface area contributed by atoms with Crippen LogP contribution in [0.3, 0.4) is 0 Å². The zero-order valence-corrected chi connectivity index (χ0v) is 12.5. The van der Waals surface area contributed by atoms with Gasteiger partial charge < -0.3 is 5.11 Å². The zero-order chi connectivity index (χ0) is 13.3. The molecule has 0 bridgehead atoms. The van der Waals surface area contributed by atoms with E-state index in [2.05, 4.69) is 25.8 Å². The summed E-state index contributed by atoms with van der Waals surface area (Å²) in [7, 11) is 0. The standard InChI is InChI=1S/C12H19NO2S2/c1-11(2,3)17-7-9-13-8(6-16-9)12(4,5)10(14)15/h6H,7H2,1-5H3,(H,14,15). The molecule has 1 aromatic heterocycles. The van der Waals surface area contributed by atoms with Crippen molar-refractivity contribution in [2.75, 3.05) is 0 Å². The van der Waals surface area contributed by atoms with E-state index in [1.807, 2.05) is 17.1 Å². The Morgan fingerprint density at radius 2 is 2.00 bits per heavy atom. The lowest BCUT2D eigenvalue weighted by atomic mass is 9.90. The van der Waals surface area contributed by atoms with E-state index < -0.39 is 11.4 Å². The second kappa shape index (κ2) is 4.98. The Morgan fingerprint density at radius 1 is 1.41 bits per heavy atom. The molecule has 96 valence electrons. The number of carbonyl (C=O) groups is 1. The van der Waals surface area contributed by atoms with Gasteiger partial charge in [-0.1, -0.05) is 20.8 Å². The summed E-state index contributed by atoms with van der Waals surface area (Å²) in [6.45, 7) is 9.85. The summed E-state index contributed by atoms with van der Waals surface area (Å²) in [5, 5.41) is 12.0. The molecule has 3 nitrogen and oxygen atoms in total. The fourth-order valence-electron chi connectivity index (χ4n) is 1.05. The Balaban J connectivity index is 2.76. The second-order valence-corrected chi connectivity index (χ2v) is 8.20. The Kier molecular flexibility index (Phi) is 4.25. The van der Waals surface area contributed by atoms with Crippen molar-refractivity contribution in [2.45, 2.75) is 50.5 Å². The summed E-state index contributed by atoms with van der Waals surface area (Å²) in [5.74, 6) is 0.00182. The molecule has 0 atom stereocenters. The molecular weight excluding hydrogens is 254 g/mol. The van der Waals surface area contributed by atoms with Gasteiger partial charge in [0.25, 0.3) is 0 Å². The third-order valence-electron chi connectivity index (χ3n) is 2.36. The van der Waals surface area contributed by atoms with Crippen molar-refractivity contribution in [1.82, 2.24) is 4.98 Å². The number of nitrogens with zero attached hydrogens (tertiary/aromatic N) is 1. The van der Waals surface area contributed by atoms with Crippen LogP contribution in [-0.4, -0.2) is 20.8 Å². The molecule has 1 N–H and O–H groups in total. The van der Waals surface area contributed by atoms with Gasteiger partial charge in [0.15, 0.2) is 0 Å². The molecule has 1 rings (SSSR count). The van der Waals surface area contributed by atoms with Crippen LogP contribution in [0.4, 0.5) is 0 Å². The van der Waals surface area contributed by atoms with Crippen molar-refractivity contribution in [1.29, 1.82) is 0 Å². The largest absolute Gasteiger partial charge is 0.481 e. The quantitative estimate of drug-likeness (QED) is 0.911. The fourth-order valence-corrected chi connectivity index (χ4v) is 2.87. The zero-order valence-electron chi connectivity index (χ0n) is 10.9. The lowest BCUT2D eigenvalue weighted by molar-refractivity contribution is -0.142. The number of rotatable bonds is 4. The van der Waals surface area contributed by atoms with E-state index in [4.69, 9.17) is 5.11 Å². The summed E-state index contributed by atoms with van der Waals surface area (Å²) in [6, 6.07) is 0.